The monoisotopic (exact) mass is 249 g/mol. The SMILES string of the molecule is N#Cc1cc(F)cc(-c2ccc(Cl)c(F)c2)c1. The molecule has 0 heterocycles. The predicted octanol–water partition coefficient (Wildman–Crippen LogP) is 4.16. The van der Waals surface area contributed by atoms with Gasteiger partial charge in [0.05, 0.1) is 16.7 Å². The molecule has 0 aliphatic heterocycles. The molecule has 0 atom stereocenters. The standard InChI is InChI=1S/C13H6ClF2N/c14-12-2-1-9(6-13(12)16)10-3-8(7-17)4-11(15)5-10/h1-6H. The molecule has 0 spiro atoms. The topological polar surface area (TPSA) is 23.8 Å². The van der Waals surface area contributed by atoms with Crippen molar-refractivity contribution in [2.45, 2.75) is 0 Å². The number of hydrogen-bond donors (Lipinski definition) is 0. The zero-order valence-corrected chi connectivity index (χ0v) is 9.30. The van der Waals surface area contributed by atoms with Crippen LogP contribution in [-0.2, 0) is 0 Å². The van der Waals surface area contributed by atoms with Crippen molar-refractivity contribution in [3.05, 3.63) is 58.6 Å². The van der Waals surface area contributed by atoms with Crippen LogP contribution in [0.5, 0.6) is 0 Å². The Balaban J connectivity index is 2.56. The summed E-state index contributed by atoms with van der Waals surface area (Å²) in [6.45, 7) is 0. The lowest BCUT2D eigenvalue weighted by atomic mass is 10.0. The molecule has 4 heteroatoms. The van der Waals surface area contributed by atoms with E-state index in [-0.39, 0.29) is 10.6 Å². The molecular formula is C13H6ClF2N. The molecule has 0 amide bonds. The highest BCUT2D eigenvalue weighted by Crippen LogP contribution is 2.25. The maximum Gasteiger partial charge on any atom is 0.142 e. The zero-order valence-electron chi connectivity index (χ0n) is 8.55. The van der Waals surface area contributed by atoms with Gasteiger partial charge in [0.15, 0.2) is 0 Å². The van der Waals surface area contributed by atoms with Gasteiger partial charge in [0.2, 0.25) is 0 Å². The van der Waals surface area contributed by atoms with Crippen molar-refractivity contribution >= 4 is 11.6 Å². The van der Waals surface area contributed by atoms with Crippen molar-refractivity contribution in [3.63, 3.8) is 0 Å². The van der Waals surface area contributed by atoms with Gasteiger partial charge in [0.1, 0.15) is 11.6 Å². The van der Waals surface area contributed by atoms with Gasteiger partial charge < -0.3 is 0 Å². The van der Waals surface area contributed by atoms with Crippen molar-refractivity contribution < 1.29 is 8.78 Å². The van der Waals surface area contributed by atoms with Crippen molar-refractivity contribution in [3.8, 4) is 17.2 Å². The summed E-state index contributed by atoms with van der Waals surface area (Å²) in [7, 11) is 0. The summed E-state index contributed by atoms with van der Waals surface area (Å²) in [6.07, 6.45) is 0. The average molecular weight is 250 g/mol. The van der Waals surface area contributed by atoms with Crippen LogP contribution in [0.15, 0.2) is 36.4 Å². The molecular weight excluding hydrogens is 244 g/mol. The molecule has 0 radical (unpaired) electrons. The lowest BCUT2D eigenvalue weighted by Gasteiger charge is -2.04. The molecule has 17 heavy (non-hydrogen) atoms. The molecule has 2 aromatic carbocycles. The maximum atomic E-state index is 13.3. The van der Waals surface area contributed by atoms with Crippen LogP contribution in [0.25, 0.3) is 11.1 Å². The Kier molecular flexibility index (Phi) is 3.08. The van der Waals surface area contributed by atoms with E-state index in [1.807, 2.05) is 6.07 Å². The number of hydrogen-bond acceptors (Lipinski definition) is 1. The van der Waals surface area contributed by atoms with Crippen LogP contribution >= 0.6 is 11.6 Å². The zero-order chi connectivity index (χ0) is 12.4. The minimum atomic E-state index is -0.577. The second kappa shape index (κ2) is 4.52. The lowest BCUT2D eigenvalue weighted by molar-refractivity contribution is 0.626. The van der Waals surface area contributed by atoms with Gasteiger partial charge >= 0.3 is 0 Å². The summed E-state index contributed by atoms with van der Waals surface area (Å²) in [4.78, 5) is 0. The fourth-order valence-electron chi connectivity index (χ4n) is 1.50. The van der Waals surface area contributed by atoms with Gasteiger partial charge in [0.25, 0.3) is 0 Å². The minimum absolute atomic E-state index is 0.00524. The summed E-state index contributed by atoms with van der Waals surface area (Å²) in [5, 5.41) is 8.73. The van der Waals surface area contributed by atoms with Crippen LogP contribution in [0, 0.1) is 23.0 Å². The second-order valence-corrected chi connectivity index (χ2v) is 3.88. The average Bonchev–Trinajstić information content (AvgIpc) is 2.32. The van der Waals surface area contributed by atoms with E-state index in [0.717, 1.165) is 6.07 Å². The highest BCUT2D eigenvalue weighted by Gasteiger charge is 2.06. The molecule has 0 aliphatic rings. The van der Waals surface area contributed by atoms with Crippen LogP contribution in [0.1, 0.15) is 5.56 Å². The molecule has 1 nitrogen and oxygen atoms in total. The molecule has 0 saturated heterocycles. The molecule has 0 fully saturated rings. The second-order valence-electron chi connectivity index (χ2n) is 3.47. The maximum absolute atomic E-state index is 13.3. The van der Waals surface area contributed by atoms with Crippen LogP contribution in [-0.4, -0.2) is 0 Å². The van der Waals surface area contributed by atoms with Crippen LogP contribution in [0.3, 0.4) is 0 Å². The first-order valence-electron chi connectivity index (χ1n) is 4.76. The fraction of sp³-hybridized carbons (Fsp3) is 0. The molecule has 0 bridgehead atoms. The van der Waals surface area contributed by atoms with Gasteiger partial charge in [-0.05, 0) is 41.5 Å². The lowest BCUT2D eigenvalue weighted by Crippen LogP contribution is -1.86. The Morgan fingerprint density at radius 2 is 1.76 bits per heavy atom. The quantitative estimate of drug-likeness (QED) is 0.745. The Morgan fingerprint density at radius 1 is 1.00 bits per heavy atom. The largest absolute Gasteiger partial charge is 0.207 e. The van der Waals surface area contributed by atoms with E-state index in [1.54, 1.807) is 6.07 Å². The molecule has 0 aliphatic carbocycles. The third-order valence-electron chi connectivity index (χ3n) is 2.28. The van der Waals surface area contributed by atoms with Crippen LogP contribution in [0.4, 0.5) is 8.78 Å². The fourth-order valence-corrected chi connectivity index (χ4v) is 1.61. The summed E-state index contributed by atoms with van der Waals surface area (Å²) in [5.74, 6) is -1.11. The normalized spacial score (nSPS) is 10.0. The highest BCUT2D eigenvalue weighted by atomic mass is 35.5. The number of halogens is 3. The first-order chi connectivity index (χ1) is 8.10. The molecule has 2 rings (SSSR count). The van der Waals surface area contributed by atoms with Crippen molar-refractivity contribution in [1.82, 2.24) is 0 Å². The van der Waals surface area contributed by atoms with Gasteiger partial charge in [-0.15, -0.1) is 0 Å². The van der Waals surface area contributed by atoms with E-state index in [1.165, 1.54) is 24.3 Å². The van der Waals surface area contributed by atoms with Crippen molar-refractivity contribution in [2.75, 3.05) is 0 Å². The van der Waals surface area contributed by atoms with Gasteiger partial charge in [0, 0.05) is 0 Å². The van der Waals surface area contributed by atoms with E-state index in [2.05, 4.69) is 0 Å². The van der Waals surface area contributed by atoms with E-state index in [0.29, 0.717) is 11.1 Å². The van der Waals surface area contributed by atoms with E-state index in [4.69, 9.17) is 16.9 Å². The molecule has 2 aromatic rings. The van der Waals surface area contributed by atoms with Crippen LogP contribution < -0.4 is 0 Å². The third-order valence-corrected chi connectivity index (χ3v) is 2.59. The Hall–Kier alpha value is -1.92. The van der Waals surface area contributed by atoms with E-state index in [9.17, 15) is 8.78 Å². The highest BCUT2D eigenvalue weighted by molar-refractivity contribution is 6.30. The molecule has 84 valence electrons. The predicted molar refractivity (Wildman–Crippen MR) is 61.5 cm³/mol. The van der Waals surface area contributed by atoms with Crippen molar-refractivity contribution in [2.24, 2.45) is 0 Å². The number of benzene rings is 2. The Bertz CT molecular complexity index is 617. The number of nitrogens with zero attached hydrogens (tertiary/aromatic N) is 1. The minimum Gasteiger partial charge on any atom is -0.207 e. The number of nitriles is 1. The van der Waals surface area contributed by atoms with E-state index < -0.39 is 11.6 Å². The first kappa shape index (κ1) is 11.6. The van der Waals surface area contributed by atoms with Gasteiger partial charge in [-0.1, -0.05) is 17.7 Å². The third kappa shape index (κ3) is 2.43. The summed E-state index contributed by atoms with van der Waals surface area (Å²) >= 11 is 5.56. The molecule has 0 saturated carbocycles. The molecule has 0 unspecified atom stereocenters. The summed E-state index contributed by atoms with van der Waals surface area (Å²) in [6, 6.07) is 9.87. The molecule has 0 aromatic heterocycles. The molecule has 0 N–H and O–H groups in total. The van der Waals surface area contributed by atoms with Gasteiger partial charge in [-0.2, -0.15) is 5.26 Å². The Morgan fingerprint density at radius 3 is 2.41 bits per heavy atom. The summed E-state index contributed by atoms with van der Waals surface area (Å²) < 4.78 is 26.5. The van der Waals surface area contributed by atoms with Crippen molar-refractivity contribution in [1.29, 1.82) is 5.26 Å². The van der Waals surface area contributed by atoms with E-state index >= 15 is 0 Å². The van der Waals surface area contributed by atoms with Gasteiger partial charge in [-0.25, -0.2) is 8.78 Å². The number of rotatable bonds is 1. The first-order valence-corrected chi connectivity index (χ1v) is 5.14. The van der Waals surface area contributed by atoms with Gasteiger partial charge in [-0.3, -0.25) is 0 Å². The Labute approximate surface area is 102 Å². The summed E-state index contributed by atoms with van der Waals surface area (Å²) in [5.41, 5.74) is 1.11. The van der Waals surface area contributed by atoms with Crippen LogP contribution in [0.2, 0.25) is 5.02 Å². The smallest absolute Gasteiger partial charge is 0.142 e.